The Kier molecular flexibility index (Phi) is 12.5. The largest absolute Gasteiger partial charge is 0.378 e. The molecule has 14 heavy (non-hydrogen) atoms. The Bertz CT molecular complexity index is 93.3. The van der Waals surface area contributed by atoms with Gasteiger partial charge in [-0.05, 0) is 0 Å². The summed E-state index contributed by atoms with van der Waals surface area (Å²) in [7, 11) is 0. The van der Waals surface area contributed by atoms with E-state index in [9.17, 15) is 0 Å². The highest BCUT2D eigenvalue weighted by molar-refractivity contribution is 4.34. The van der Waals surface area contributed by atoms with E-state index in [-0.39, 0.29) is 0 Å². The summed E-state index contributed by atoms with van der Waals surface area (Å²) < 4.78 is 15.4. The Balaban J connectivity index is 2.78. The molecule has 6 heteroatoms. The third-order valence-corrected chi connectivity index (χ3v) is 1.35. The number of hydrogen-bond donors (Lipinski definition) is 2. The summed E-state index contributed by atoms with van der Waals surface area (Å²) >= 11 is 0. The molecule has 4 N–H and O–H groups in total. The van der Waals surface area contributed by atoms with Crippen LogP contribution in [-0.4, -0.2) is 52.8 Å². The smallest absolute Gasteiger partial charge is 0.0913 e. The zero-order valence-corrected chi connectivity index (χ0v) is 8.44. The van der Waals surface area contributed by atoms with Gasteiger partial charge in [0.25, 0.3) is 0 Å². The van der Waals surface area contributed by atoms with Crippen LogP contribution in [0.1, 0.15) is 0 Å². The average molecular weight is 208 g/mol. The molecule has 0 aromatic rings. The Morgan fingerprint density at radius 2 is 1.07 bits per heavy atom. The average Bonchev–Trinajstić information content (AvgIpc) is 2.21. The molecule has 0 aromatic heterocycles. The molecular formula is C8H20N2O4. The summed E-state index contributed by atoms with van der Waals surface area (Å²) in [5, 5.41) is 0. The second-order valence-electron chi connectivity index (χ2n) is 2.50. The monoisotopic (exact) mass is 208 g/mol. The minimum Gasteiger partial charge on any atom is -0.378 e. The lowest BCUT2D eigenvalue weighted by molar-refractivity contribution is -0.00122. The highest BCUT2D eigenvalue weighted by Gasteiger charge is 1.90. The second kappa shape index (κ2) is 12.8. The molecule has 0 spiro atoms. The van der Waals surface area contributed by atoms with Gasteiger partial charge >= 0.3 is 0 Å². The fourth-order valence-electron chi connectivity index (χ4n) is 0.732. The van der Waals surface area contributed by atoms with Gasteiger partial charge in [-0.3, -0.25) is 0 Å². The first-order valence-corrected chi connectivity index (χ1v) is 4.66. The third-order valence-electron chi connectivity index (χ3n) is 1.35. The highest BCUT2D eigenvalue weighted by atomic mass is 16.6. The van der Waals surface area contributed by atoms with Crippen LogP contribution >= 0.6 is 0 Å². The Labute approximate surface area is 84.4 Å². The molecule has 0 aromatic carbocycles. The lowest BCUT2D eigenvalue weighted by Gasteiger charge is -2.05. The summed E-state index contributed by atoms with van der Waals surface area (Å²) in [6.45, 7) is 4.25. The van der Waals surface area contributed by atoms with Crippen LogP contribution < -0.4 is 11.6 Å². The van der Waals surface area contributed by atoms with Crippen molar-refractivity contribution in [3.8, 4) is 0 Å². The van der Waals surface area contributed by atoms with Gasteiger partial charge in [0.1, 0.15) is 0 Å². The summed E-state index contributed by atoms with van der Waals surface area (Å²) in [5.74, 6) is 4.80. The van der Waals surface area contributed by atoms with Gasteiger partial charge in [-0.25, -0.2) is 5.90 Å². The molecule has 0 amide bonds. The van der Waals surface area contributed by atoms with E-state index in [0.717, 1.165) is 0 Å². The van der Waals surface area contributed by atoms with Gasteiger partial charge in [0.05, 0.1) is 46.2 Å². The van der Waals surface area contributed by atoms with E-state index in [0.29, 0.717) is 52.8 Å². The summed E-state index contributed by atoms with van der Waals surface area (Å²) in [6.07, 6.45) is 0. The van der Waals surface area contributed by atoms with E-state index >= 15 is 0 Å². The van der Waals surface area contributed by atoms with Gasteiger partial charge < -0.3 is 24.8 Å². The fourth-order valence-corrected chi connectivity index (χ4v) is 0.732. The van der Waals surface area contributed by atoms with Crippen LogP contribution in [0.3, 0.4) is 0 Å². The quantitative estimate of drug-likeness (QED) is 0.330. The molecule has 0 bridgehead atoms. The Morgan fingerprint density at radius 1 is 0.643 bits per heavy atom. The molecule has 0 unspecified atom stereocenters. The molecule has 86 valence electrons. The van der Waals surface area contributed by atoms with E-state index in [1.165, 1.54) is 0 Å². The van der Waals surface area contributed by atoms with Crippen LogP contribution in [0.5, 0.6) is 0 Å². The maximum atomic E-state index is 5.23. The lowest BCUT2D eigenvalue weighted by atomic mass is 10.7. The molecule has 0 heterocycles. The van der Waals surface area contributed by atoms with Gasteiger partial charge in [-0.2, -0.15) is 0 Å². The molecule has 0 atom stereocenters. The van der Waals surface area contributed by atoms with Crippen LogP contribution in [0, 0.1) is 0 Å². The molecule has 0 aliphatic rings. The van der Waals surface area contributed by atoms with Crippen LogP contribution in [0.15, 0.2) is 0 Å². The minimum absolute atomic E-state index is 0.402. The van der Waals surface area contributed by atoms with Gasteiger partial charge in [-0.15, -0.1) is 0 Å². The zero-order chi connectivity index (χ0) is 10.5. The predicted octanol–water partition coefficient (Wildman–Crippen LogP) is -1.11. The molecule has 6 nitrogen and oxygen atoms in total. The Morgan fingerprint density at radius 3 is 1.50 bits per heavy atom. The summed E-state index contributed by atoms with van der Waals surface area (Å²) in [5.41, 5.74) is 5.23. The van der Waals surface area contributed by atoms with Gasteiger partial charge in [0.2, 0.25) is 0 Å². The SMILES string of the molecule is NCCOCCOCCOCCON. The predicted molar refractivity (Wildman–Crippen MR) is 51.7 cm³/mol. The van der Waals surface area contributed by atoms with Crippen LogP contribution in [-0.2, 0) is 19.0 Å². The molecule has 0 fully saturated rings. The standard InChI is InChI=1S/C8H20N2O4/c9-1-2-11-3-4-12-5-6-13-7-8-14-10/h1-10H2. The maximum absolute atomic E-state index is 5.23. The molecule has 0 saturated heterocycles. The fraction of sp³-hybridized carbons (Fsp3) is 1.00. The summed E-state index contributed by atoms with van der Waals surface area (Å²) in [4.78, 5) is 4.32. The van der Waals surface area contributed by atoms with E-state index in [4.69, 9.17) is 25.8 Å². The van der Waals surface area contributed by atoms with Gasteiger partial charge in [0, 0.05) is 6.54 Å². The van der Waals surface area contributed by atoms with Crippen molar-refractivity contribution in [3.63, 3.8) is 0 Å². The van der Waals surface area contributed by atoms with Crippen molar-refractivity contribution in [3.05, 3.63) is 0 Å². The highest BCUT2D eigenvalue weighted by Crippen LogP contribution is 1.80. The number of rotatable bonds is 11. The number of hydrogen-bond acceptors (Lipinski definition) is 6. The second-order valence-corrected chi connectivity index (χ2v) is 2.50. The molecular weight excluding hydrogens is 188 g/mol. The van der Waals surface area contributed by atoms with Crippen LogP contribution in [0.25, 0.3) is 0 Å². The first kappa shape index (κ1) is 13.8. The first-order chi connectivity index (χ1) is 6.91. The van der Waals surface area contributed by atoms with Crippen molar-refractivity contribution in [1.29, 1.82) is 0 Å². The third kappa shape index (κ3) is 11.8. The van der Waals surface area contributed by atoms with Crippen molar-refractivity contribution < 1.29 is 19.0 Å². The number of ether oxygens (including phenoxy) is 3. The van der Waals surface area contributed by atoms with Gasteiger partial charge in [0.15, 0.2) is 0 Å². The van der Waals surface area contributed by atoms with Crippen molar-refractivity contribution in [2.24, 2.45) is 11.6 Å². The van der Waals surface area contributed by atoms with E-state index < -0.39 is 0 Å². The first-order valence-electron chi connectivity index (χ1n) is 4.66. The lowest BCUT2D eigenvalue weighted by Crippen LogP contribution is -2.14. The molecule has 0 radical (unpaired) electrons. The number of nitrogens with two attached hydrogens (primary N) is 2. The van der Waals surface area contributed by atoms with Crippen LogP contribution in [0.2, 0.25) is 0 Å². The van der Waals surface area contributed by atoms with E-state index in [1.807, 2.05) is 0 Å². The maximum Gasteiger partial charge on any atom is 0.0913 e. The molecule has 0 aliphatic carbocycles. The van der Waals surface area contributed by atoms with Crippen molar-refractivity contribution in [2.45, 2.75) is 0 Å². The van der Waals surface area contributed by atoms with Crippen molar-refractivity contribution in [2.75, 3.05) is 52.8 Å². The van der Waals surface area contributed by atoms with Crippen LogP contribution in [0.4, 0.5) is 0 Å². The summed E-state index contributed by atoms with van der Waals surface area (Å²) in [6, 6.07) is 0. The van der Waals surface area contributed by atoms with Crippen molar-refractivity contribution in [1.82, 2.24) is 0 Å². The topological polar surface area (TPSA) is 89.0 Å². The van der Waals surface area contributed by atoms with E-state index in [1.54, 1.807) is 0 Å². The molecule has 0 rings (SSSR count). The molecule has 0 saturated carbocycles. The minimum atomic E-state index is 0.402. The van der Waals surface area contributed by atoms with Crippen molar-refractivity contribution >= 4 is 0 Å². The normalized spacial score (nSPS) is 10.7. The zero-order valence-electron chi connectivity index (χ0n) is 8.44. The Hall–Kier alpha value is -0.240. The molecule has 0 aliphatic heterocycles. The van der Waals surface area contributed by atoms with Gasteiger partial charge in [-0.1, -0.05) is 0 Å². The van der Waals surface area contributed by atoms with E-state index in [2.05, 4.69) is 4.84 Å².